The largest absolute Gasteiger partial charge is 0.463 e. The van der Waals surface area contributed by atoms with Crippen LogP contribution in [0, 0.1) is 5.41 Å². The van der Waals surface area contributed by atoms with E-state index in [0.29, 0.717) is 30.2 Å². The van der Waals surface area contributed by atoms with Gasteiger partial charge in [0.05, 0.1) is 6.26 Å². The molecule has 4 N–H and O–H groups in total. The third kappa shape index (κ3) is 4.00. The van der Waals surface area contributed by atoms with Crippen molar-refractivity contribution >= 4 is 29.9 Å². The second kappa shape index (κ2) is 7.99. The van der Waals surface area contributed by atoms with Crippen molar-refractivity contribution in [2.75, 3.05) is 20.1 Å². The zero-order chi connectivity index (χ0) is 19.8. The molecule has 3 aromatic rings. The molecule has 28 heavy (non-hydrogen) atoms. The molecule has 0 fully saturated rings. The molecule has 3 heterocycles. The molecule has 10 heteroatoms. The van der Waals surface area contributed by atoms with Crippen LogP contribution < -0.4 is 11.5 Å². The number of hydrogen-bond donors (Lipinski definition) is 2. The first-order valence-electron chi connectivity index (χ1n) is 8.41. The minimum Gasteiger partial charge on any atom is -0.463 e. The number of nitrogens with zero attached hydrogens (tertiary/aromatic N) is 4. The summed E-state index contributed by atoms with van der Waals surface area (Å²) in [4.78, 5) is 34.8. The first-order valence-corrected chi connectivity index (χ1v) is 8.41. The van der Waals surface area contributed by atoms with Gasteiger partial charge in [-0.05, 0) is 30.2 Å². The summed E-state index contributed by atoms with van der Waals surface area (Å²) in [5.41, 5.74) is 11.8. The van der Waals surface area contributed by atoms with Crippen molar-refractivity contribution in [1.82, 2.24) is 19.3 Å². The van der Waals surface area contributed by atoms with Crippen molar-refractivity contribution in [2.24, 2.45) is 16.9 Å². The minimum atomic E-state index is -0.724. The van der Waals surface area contributed by atoms with Gasteiger partial charge < -0.3 is 20.8 Å². The maximum atomic E-state index is 13.1. The van der Waals surface area contributed by atoms with E-state index in [0.717, 1.165) is 0 Å². The highest BCUT2D eigenvalue weighted by molar-refractivity contribution is 5.99. The van der Waals surface area contributed by atoms with Crippen molar-refractivity contribution in [2.45, 2.75) is 13.8 Å². The van der Waals surface area contributed by atoms with E-state index < -0.39 is 5.91 Å². The maximum absolute atomic E-state index is 13.1. The number of primary amides is 1. The summed E-state index contributed by atoms with van der Waals surface area (Å²) in [6.07, 6.45) is 2.87. The average Bonchev–Trinajstić information content (AvgIpc) is 3.29. The van der Waals surface area contributed by atoms with Crippen molar-refractivity contribution < 1.29 is 14.0 Å². The Labute approximate surface area is 168 Å². The first-order chi connectivity index (χ1) is 12.7. The van der Waals surface area contributed by atoms with Crippen molar-refractivity contribution in [3.63, 3.8) is 0 Å². The Bertz CT molecular complexity index is 996. The van der Waals surface area contributed by atoms with E-state index in [4.69, 9.17) is 15.9 Å². The average molecular weight is 407 g/mol. The summed E-state index contributed by atoms with van der Waals surface area (Å²) in [6, 6.07) is 5.03. The van der Waals surface area contributed by atoms with Crippen molar-refractivity contribution in [1.29, 1.82) is 0 Å². The van der Waals surface area contributed by atoms with Gasteiger partial charge in [0.1, 0.15) is 17.7 Å². The van der Waals surface area contributed by atoms with Crippen LogP contribution in [0.3, 0.4) is 0 Å². The molecule has 0 unspecified atom stereocenters. The molecule has 0 aromatic carbocycles. The van der Waals surface area contributed by atoms with E-state index in [-0.39, 0.29) is 35.1 Å². The van der Waals surface area contributed by atoms with Gasteiger partial charge in [-0.15, -0.1) is 12.4 Å². The van der Waals surface area contributed by atoms with Crippen LogP contribution in [0.2, 0.25) is 0 Å². The van der Waals surface area contributed by atoms with Gasteiger partial charge in [-0.25, -0.2) is 9.97 Å². The number of furan rings is 1. The van der Waals surface area contributed by atoms with Crippen LogP contribution in [0.5, 0.6) is 0 Å². The smallest absolute Gasteiger partial charge is 0.271 e. The Morgan fingerprint density at radius 2 is 2.07 bits per heavy atom. The van der Waals surface area contributed by atoms with Gasteiger partial charge in [0.25, 0.3) is 11.8 Å². The lowest BCUT2D eigenvalue weighted by molar-refractivity contribution is 0.0733. The summed E-state index contributed by atoms with van der Waals surface area (Å²) < 4.78 is 6.85. The summed E-state index contributed by atoms with van der Waals surface area (Å²) in [5, 5.41) is 0. The Morgan fingerprint density at radius 3 is 2.64 bits per heavy atom. The van der Waals surface area contributed by atoms with Crippen molar-refractivity contribution in [3.05, 3.63) is 42.2 Å². The Balaban J connectivity index is 0.00000280. The highest BCUT2D eigenvalue weighted by Crippen LogP contribution is 2.23. The second-order valence-electron chi connectivity index (χ2n) is 7.18. The van der Waals surface area contributed by atoms with Gasteiger partial charge in [-0.1, -0.05) is 13.8 Å². The quantitative estimate of drug-likeness (QED) is 0.638. The topological polar surface area (TPSA) is 133 Å². The van der Waals surface area contributed by atoms with Gasteiger partial charge in [0, 0.05) is 13.6 Å². The third-order valence-corrected chi connectivity index (χ3v) is 4.29. The highest BCUT2D eigenvalue weighted by Gasteiger charge is 2.25. The fourth-order valence-electron chi connectivity index (χ4n) is 2.83. The molecule has 3 aromatic heterocycles. The lowest BCUT2D eigenvalue weighted by Crippen LogP contribution is -2.40. The SMILES string of the molecule is CN(CC(C)(C)CN)C(=O)c1cc(-c2ccco2)nc2c(C(N)=O)ncn12.Cl. The fraction of sp³-hybridized carbons (Fsp3) is 0.333. The van der Waals surface area contributed by atoms with E-state index in [9.17, 15) is 9.59 Å². The molecule has 0 saturated heterocycles. The number of imidazole rings is 1. The molecule has 0 saturated carbocycles. The molecule has 0 bridgehead atoms. The molecule has 0 radical (unpaired) electrons. The molecular weight excluding hydrogens is 384 g/mol. The Kier molecular flexibility index (Phi) is 6.10. The number of hydrogen-bond acceptors (Lipinski definition) is 6. The van der Waals surface area contributed by atoms with Crippen LogP contribution in [-0.2, 0) is 0 Å². The van der Waals surface area contributed by atoms with Gasteiger partial charge >= 0.3 is 0 Å². The molecule has 2 amide bonds. The van der Waals surface area contributed by atoms with E-state index in [2.05, 4.69) is 9.97 Å². The third-order valence-electron chi connectivity index (χ3n) is 4.29. The van der Waals surface area contributed by atoms with Crippen LogP contribution in [0.1, 0.15) is 34.8 Å². The monoisotopic (exact) mass is 406 g/mol. The Morgan fingerprint density at radius 1 is 1.36 bits per heavy atom. The minimum absolute atomic E-state index is 0. The van der Waals surface area contributed by atoms with E-state index in [1.807, 2.05) is 13.8 Å². The lowest BCUT2D eigenvalue weighted by atomic mass is 9.93. The zero-order valence-corrected chi connectivity index (χ0v) is 16.7. The van der Waals surface area contributed by atoms with Gasteiger partial charge in [-0.3, -0.25) is 14.0 Å². The molecule has 0 aliphatic heterocycles. The van der Waals surface area contributed by atoms with Gasteiger partial charge in [0.15, 0.2) is 17.1 Å². The van der Waals surface area contributed by atoms with E-state index >= 15 is 0 Å². The first kappa shape index (κ1) is 21.4. The normalized spacial score (nSPS) is 11.3. The molecule has 0 aliphatic carbocycles. The van der Waals surface area contributed by atoms with Gasteiger partial charge in [-0.2, -0.15) is 0 Å². The highest BCUT2D eigenvalue weighted by atomic mass is 35.5. The molecule has 9 nitrogen and oxygen atoms in total. The van der Waals surface area contributed by atoms with E-state index in [1.165, 1.54) is 17.0 Å². The standard InChI is InChI=1S/C18H22N6O3.ClH/c1-18(2,8-19)9-23(3)17(26)12-7-11(13-5-4-6-27-13)22-16-14(15(20)25)21-10-24(12)16;/h4-7,10H,8-9,19H2,1-3H3,(H2,20,25);1H. The Hall–Kier alpha value is -2.91. The summed E-state index contributed by atoms with van der Waals surface area (Å²) in [7, 11) is 1.70. The number of nitrogens with two attached hydrogens (primary N) is 2. The zero-order valence-electron chi connectivity index (χ0n) is 15.9. The van der Waals surface area contributed by atoms with Crippen LogP contribution in [0.25, 0.3) is 17.1 Å². The summed E-state index contributed by atoms with van der Waals surface area (Å²) >= 11 is 0. The number of fused-ring (bicyclic) bond motifs is 1. The molecular formula is C18H23ClN6O3. The summed E-state index contributed by atoms with van der Waals surface area (Å²) in [5.74, 6) is -0.518. The predicted molar refractivity (Wildman–Crippen MR) is 106 cm³/mol. The molecule has 3 rings (SSSR count). The number of carbonyl (C=O) groups is 2. The lowest BCUT2D eigenvalue weighted by Gasteiger charge is -2.29. The van der Waals surface area contributed by atoms with Gasteiger partial charge in [0.2, 0.25) is 0 Å². The molecule has 0 aliphatic rings. The van der Waals surface area contributed by atoms with Crippen molar-refractivity contribution in [3.8, 4) is 11.5 Å². The number of rotatable bonds is 6. The number of carbonyl (C=O) groups excluding carboxylic acids is 2. The van der Waals surface area contributed by atoms with Crippen LogP contribution >= 0.6 is 12.4 Å². The number of halogens is 1. The van der Waals surface area contributed by atoms with E-state index in [1.54, 1.807) is 30.1 Å². The summed E-state index contributed by atoms with van der Waals surface area (Å²) in [6.45, 7) is 4.86. The number of amides is 2. The molecule has 0 atom stereocenters. The van der Waals surface area contributed by atoms with Crippen LogP contribution in [-0.4, -0.2) is 51.2 Å². The molecule has 0 spiro atoms. The van der Waals surface area contributed by atoms with Crippen LogP contribution in [0.15, 0.2) is 35.2 Å². The predicted octanol–water partition coefficient (Wildman–Crippen LogP) is 1.57. The fourth-order valence-corrected chi connectivity index (χ4v) is 2.83. The second-order valence-corrected chi connectivity index (χ2v) is 7.18. The molecule has 150 valence electrons. The number of aromatic nitrogens is 3. The maximum Gasteiger partial charge on any atom is 0.271 e. The van der Waals surface area contributed by atoms with Crippen LogP contribution in [0.4, 0.5) is 0 Å².